The van der Waals surface area contributed by atoms with Crippen molar-refractivity contribution in [3.63, 3.8) is 0 Å². The van der Waals surface area contributed by atoms with Crippen LogP contribution in [0.25, 0.3) is 0 Å². The van der Waals surface area contributed by atoms with Crippen molar-refractivity contribution >= 4 is 43.5 Å². The molecular formula is C16H15Br2ClFN. The van der Waals surface area contributed by atoms with Crippen LogP contribution in [0.4, 0.5) is 4.39 Å². The van der Waals surface area contributed by atoms with Crippen LogP contribution in [-0.4, -0.2) is 6.54 Å². The predicted molar refractivity (Wildman–Crippen MR) is 93.4 cm³/mol. The van der Waals surface area contributed by atoms with Crippen LogP contribution in [0.5, 0.6) is 0 Å². The van der Waals surface area contributed by atoms with Gasteiger partial charge < -0.3 is 5.32 Å². The van der Waals surface area contributed by atoms with Crippen molar-refractivity contribution in [1.29, 1.82) is 0 Å². The highest BCUT2D eigenvalue weighted by Gasteiger charge is 2.15. The molecule has 0 saturated heterocycles. The summed E-state index contributed by atoms with van der Waals surface area (Å²) in [7, 11) is 0. The van der Waals surface area contributed by atoms with Crippen molar-refractivity contribution in [2.45, 2.75) is 19.4 Å². The number of hydrogen-bond acceptors (Lipinski definition) is 1. The van der Waals surface area contributed by atoms with Gasteiger partial charge >= 0.3 is 0 Å². The van der Waals surface area contributed by atoms with Crippen LogP contribution >= 0.6 is 43.5 Å². The predicted octanol–water partition coefficient (Wildman–Crippen LogP) is 5.90. The fraction of sp³-hybridized carbons (Fsp3) is 0.250. The van der Waals surface area contributed by atoms with Gasteiger partial charge in [-0.25, -0.2) is 4.39 Å². The highest BCUT2D eigenvalue weighted by atomic mass is 79.9. The maximum atomic E-state index is 14.0. The average Bonchev–Trinajstić information content (AvgIpc) is 2.40. The molecule has 5 heteroatoms. The number of rotatable bonds is 5. The van der Waals surface area contributed by atoms with E-state index in [-0.39, 0.29) is 11.9 Å². The molecule has 0 aromatic heterocycles. The van der Waals surface area contributed by atoms with Crippen LogP contribution in [0.15, 0.2) is 45.3 Å². The van der Waals surface area contributed by atoms with Crippen LogP contribution < -0.4 is 5.32 Å². The van der Waals surface area contributed by atoms with E-state index in [1.54, 1.807) is 0 Å². The van der Waals surface area contributed by atoms with Gasteiger partial charge in [-0.05, 0) is 54.4 Å². The van der Waals surface area contributed by atoms with E-state index >= 15 is 0 Å². The molecule has 2 aromatic rings. The van der Waals surface area contributed by atoms with E-state index in [0.717, 1.165) is 21.1 Å². The first-order valence-corrected chi connectivity index (χ1v) is 8.59. The Morgan fingerprint density at radius 3 is 2.52 bits per heavy atom. The lowest BCUT2D eigenvalue weighted by molar-refractivity contribution is 0.527. The fourth-order valence-corrected chi connectivity index (χ4v) is 3.46. The Balaban J connectivity index is 2.30. The third-order valence-corrected chi connectivity index (χ3v) is 4.35. The maximum Gasteiger partial charge on any atom is 0.127 e. The SMILES string of the molecule is CCNC(Cc1ccc(Br)cc1F)c1cc(Cl)cc(Br)c1. The van der Waals surface area contributed by atoms with Crippen LogP contribution in [0, 0.1) is 5.82 Å². The van der Waals surface area contributed by atoms with Gasteiger partial charge in [0.1, 0.15) is 5.82 Å². The molecule has 0 aliphatic heterocycles. The Morgan fingerprint density at radius 2 is 1.90 bits per heavy atom. The highest BCUT2D eigenvalue weighted by Crippen LogP contribution is 2.27. The summed E-state index contributed by atoms with van der Waals surface area (Å²) in [5, 5.41) is 4.05. The lowest BCUT2D eigenvalue weighted by atomic mass is 9.98. The standard InChI is InChI=1S/C16H15Br2ClFN/c1-2-21-16(11-5-13(18)8-14(19)6-11)7-10-3-4-12(17)9-15(10)20/h3-6,8-9,16,21H,2,7H2,1H3. The van der Waals surface area contributed by atoms with Crippen molar-refractivity contribution in [1.82, 2.24) is 5.32 Å². The van der Waals surface area contributed by atoms with Gasteiger partial charge in [-0.3, -0.25) is 0 Å². The minimum absolute atomic E-state index is 0.0145. The molecule has 0 radical (unpaired) electrons. The average molecular weight is 436 g/mol. The van der Waals surface area contributed by atoms with Gasteiger partial charge in [0.15, 0.2) is 0 Å². The molecule has 2 aromatic carbocycles. The molecule has 1 nitrogen and oxygen atoms in total. The molecule has 1 atom stereocenters. The van der Waals surface area contributed by atoms with Gasteiger partial charge in [-0.15, -0.1) is 0 Å². The smallest absolute Gasteiger partial charge is 0.127 e. The van der Waals surface area contributed by atoms with Crippen molar-refractivity contribution in [3.05, 3.63) is 67.3 Å². The summed E-state index contributed by atoms with van der Waals surface area (Å²) < 4.78 is 15.7. The van der Waals surface area contributed by atoms with E-state index in [1.807, 2.05) is 37.3 Å². The molecule has 1 unspecified atom stereocenters. The van der Waals surface area contributed by atoms with Gasteiger partial charge in [-0.1, -0.05) is 56.5 Å². The van der Waals surface area contributed by atoms with E-state index in [1.165, 1.54) is 6.07 Å². The zero-order valence-corrected chi connectivity index (χ0v) is 15.4. The Labute approximate surface area is 146 Å². The largest absolute Gasteiger partial charge is 0.310 e. The Morgan fingerprint density at radius 1 is 1.14 bits per heavy atom. The van der Waals surface area contributed by atoms with Crippen LogP contribution in [-0.2, 0) is 6.42 Å². The van der Waals surface area contributed by atoms with Crippen molar-refractivity contribution in [2.24, 2.45) is 0 Å². The van der Waals surface area contributed by atoms with E-state index in [2.05, 4.69) is 37.2 Å². The second kappa shape index (κ2) is 7.73. The number of halogens is 4. The summed E-state index contributed by atoms with van der Waals surface area (Å²) in [4.78, 5) is 0. The molecule has 0 aliphatic carbocycles. The van der Waals surface area contributed by atoms with Gasteiger partial charge in [-0.2, -0.15) is 0 Å². The summed E-state index contributed by atoms with van der Waals surface area (Å²) in [5.74, 6) is -0.201. The number of benzene rings is 2. The van der Waals surface area contributed by atoms with Crippen LogP contribution in [0.3, 0.4) is 0 Å². The molecule has 21 heavy (non-hydrogen) atoms. The third kappa shape index (κ3) is 4.78. The van der Waals surface area contributed by atoms with Crippen LogP contribution in [0.2, 0.25) is 5.02 Å². The Kier molecular flexibility index (Phi) is 6.23. The first kappa shape index (κ1) is 16.9. The van der Waals surface area contributed by atoms with Gasteiger partial charge in [0.05, 0.1) is 0 Å². The summed E-state index contributed by atoms with van der Waals surface area (Å²) in [6.07, 6.45) is 0.569. The minimum Gasteiger partial charge on any atom is -0.310 e. The second-order valence-corrected chi connectivity index (χ2v) is 7.02. The molecule has 0 saturated carbocycles. The first-order chi connectivity index (χ1) is 9.99. The van der Waals surface area contributed by atoms with E-state index in [0.29, 0.717) is 17.0 Å². The lowest BCUT2D eigenvalue weighted by Gasteiger charge is -2.19. The first-order valence-electron chi connectivity index (χ1n) is 6.63. The zero-order chi connectivity index (χ0) is 15.4. The van der Waals surface area contributed by atoms with Crippen molar-refractivity contribution in [2.75, 3.05) is 6.54 Å². The molecule has 0 spiro atoms. The molecule has 1 N–H and O–H groups in total. The molecule has 0 amide bonds. The maximum absolute atomic E-state index is 14.0. The molecule has 0 heterocycles. The zero-order valence-electron chi connectivity index (χ0n) is 11.5. The Hall–Kier alpha value is -0.420. The van der Waals surface area contributed by atoms with Gasteiger partial charge in [0, 0.05) is 20.0 Å². The van der Waals surface area contributed by atoms with Crippen LogP contribution in [0.1, 0.15) is 24.1 Å². The van der Waals surface area contributed by atoms with Gasteiger partial charge in [0.25, 0.3) is 0 Å². The molecule has 0 aliphatic rings. The highest BCUT2D eigenvalue weighted by molar-refractivity contribution is 9.10. The summed E-state index contributed by atoms with van der Waals surface area (Å²) >= 11 is 12.8. The third-order valence-electron chi connectivity index (χ3n) is 3.18. The quantitative estimate of drug-likeness (QED) is 0.617. The monoisotopic (exact) mass is 433 g/mol. The van der Waals surface area contributed by atoms with E-state index < -0.39 is 0 Å². The summed E-state index contributed by atoms with van der Waals surface area (Å²) in [5.41, 5.74) is 1.72. The normalized spacial score (nSPS) is 12.4. The van der Waals surface area contributed by atoms with E-state index in [4.69, 9.17) is 11.6 Å². The van der Waals surface area contributed by atoms with Gasteiger partial charge in [0.2, 0.25) is 0 Å². The molecule has 112 valence electrons. The number of likely N-dealkylation sites (N-methyl/N-ethyl adjacent to an activating group) is 1. The lowest BCUT2D eigenvalue weighted by Crippen LogP contribution is -2.23. The number of hydrogen-bond donors (Lipinski definition) is 1. The van der Waals surface area contributed by atoms with E-state index in [9.17, 15) is 4.39 Å². The second-order valence-electron chi connectivity index (χ2n) is 4.75. The minimum atomic E-state index is -0.201. The summed E-state index contributed by atoms with van der Waals surface area (Å²) in [6.45, 7) is 2.83. The molecule has 2 rings (SSSR count). The Bertz CT molecular complexity index is 613. The number of nitrogens with one attached hydrogen (secondary N) is 1. The molecular weight excluding hydrogens is 420 g/mol. The summed E-state index contributed by atoms with van der Waals surface area (Å²) in [6, 6.07) is 10.9. The molecule has 0 bridgehead atoms. The fourth-order valence-electron chi connectivity index (χ4n) is 2.24. The topological polar surface area (TPSA) is 12.0 Å². The van der Waals surface area contributed by atoms with Crippen molar-refractivity contribution in [3.8, 4) is 0 Å². The molecule has 0 fully saturated rings. The van der Waals surface area contributed by atoms with Crippen molar-refractivity contribution < 1.29 is 4.39 Å².